The molecule has 2 amide bonds. The number of oxazole rings is 1. The highest BCUT2D eigenvalue weighted by atomic mass is 19.1. The van der Waals surface area contributed by atoms with Crippen LogP contribution in [0, 0.1) is 17.7 Å². The molecular formula is C45H51FN8O6. The number of aldehydes is 1. The lowest BCUT2D eigenvalue weighted by Gasteiger charge is -2.40. The van der Waals surface area contributed by atoms with Gasteiger partial charge in [-0.1, -0.05) is 24.3 Å². The molecule has 5 heterocycles. The van der Waals surface area contributed by atoms with Gasteiger partial charge in [0.25, 0.3) is 5.56 Å². The predicted octanol–water partition coefficient (Wildman–Crippen LogP) is 5.31. The highest BCUT2D eigenvalue weighted by molar-refractivity contribution is 5.80. The van der Waals surface area contributed by atoms with E-state index in [1.54, 1.807) is 42.6 Å². The molecule has 2 saturated heterocycles. The summed E-state index contributed by atoms with van der Waals surface area (Å²) in [6.45, 7) is 4.57. The number of carbonyl (C=O) groups is 3. The van der Waals surface area contributed by atoms with Crippen LogP contribution in [0.3, 0.4) is 0 Å². The third-order valence-electron chi connectivity index (χ3n) is 12.7. The van der Waals surface area contributed by atoms with Gasteiger partial charge in [0.2, 0.25) is 17.8 Å². The highest BCUT2D eigenvalue weighted by Crippen LogP contribution is 2.35. The minimum Gasteiger partial charge on any atom is -0.408 e. The van der Waals surface area contributed by atoms with E-state index in [-0.39, 0.29) is 47.9 Å². The second-order valence-corrected chi connectivity index (χ2v) is 16.4. The molecule has 1 aliphatic carbocycles. The van der Waals surface area contributed by atoms with Gasteiger partial charge in [0.05, 0.1) is 17.8 Å². The first kappa shape index (κ1) is 40.8. The van der Waals surface area contributed by atoms with Gasteiger partial charge in [0.1, 0.15) is 12.0 Å². The van der Waals surface area contributed by atoms with Gasteiger partial charge in [0.15, 0.2) is 11.4 Å². The minimum absolute atomic E-state index is 0.0206. The van der Waals surface area contributed by atoms with Gasteiger partial charge < -0.3 is 29.6 Å². The topological polar surface area (TPSA) is 165 Å². The van der Waals surface area contributed by atoms with Crippen molar-refractivity contribution in [3.05, 3.63) is 105 Å². The molecule has 1 unspecified atom stereocenters. The number of halogens is 1. The van der Waals surface area contributed by atoms with E-state index < -0.39 is 17.6 Å². The molecule has 0 spiro atoms. The average Bonchev–Trinajstić information content (AvgIpc) is 3.59. The van der Waals surface area contributed by atoms with Crippen molar-refractivity contribution in [2.24, 2.45) is 11.8 Å². The largest absolute Gasteiger partial charge is 0.420 e. The number of fused-ring (bicyclic) bond motifs is 1. The number of hydrogen-bond acceptors (Lipinski definition) is 10. The van der Waals surface area contributed by atoms with Crippen LogP contribution in [-0.2, 0) is 14.4 Å². The average molecular weight is 819 g/mol. The Labute approximate surface area is 346 Å². The number of piperidine rings is 2. The zero-order valence-electron chi connectivity index (χ0n) is 33.8. The fourth-order valence-electron chi connectivity index (χ4n) is 9.04. The Morgan fingerprint density at radius 3 is 2.53 bits per heavy atom. The Balaban J connectivity index is 0.759. The van der Waals surface area contributed by atoms with Gasteiger partial charge in [-0.2, -0.15) is 0 Å². The van der Waals surface area contributed by atoms with Gasteiger partial charge in [-0.25, -0.2) is 19.2 Å². The van der Waals surface area contributed by atoms with E-state index in [0.29, 0.717) is 59.3 Å². The number of anilines is 1. The van der Waals surface area contributed by atoms with Crippen LogP contribution in [0.5, 0.6) is 0 Å². The molecule has 314 valence electrons. The van der Waals surface area contributed by atoms with Gasteiger partial charge in [-0.15, -0.1) is 0 Å². The van der Waals surface area contributed by atoms with Crippen LogP contribution in [-0.4, -0.2) is 92.8 Å². The van der Waals surface area contributed by atoms with Gasteiger partial charge in [-0.05, 0) is 119 Å². The number of pyridine rings is 1. The number of nitrogens with zero attached hydrogens (tertiary/aromatic N) is 6. The SMILES string of the molecule is CNC(=O)CCC(C=O)n1c(=O)oc2cc(C3CCN(CCC4CCN(C(=O)C5CC(Nc6ncc(F)c(-c7cccc(-n8ccccc8=O)c7)n6)C5)CC4)CC3)ccc21. The molecule has 3 fully saturated rings. The van der Waals surface area contributed by atoms with Gasteiger partial charge in [0, 0.05) is 62.0 Å². The van der Waals surface area contributed by atoms with E-state index in [4.69, 9.17) is 4.42 Å². The van der Waals surface area contributed by atoms with E-state index in [0.717, 1.165) is 76.6 Å². The number of hydrogen-bond donors (Lipinski definition) is 2. The van der Waals surface area contributed by atoms with Crippen LogP contribution in [0.2, 0.25) is 0 Å². The molecule has 60 heavy (non-hydrogen) atoms. The Morgan fingerprint density at radius 2 is 1.78 bits per heavy atom. The van der Waals surface area contributed by atoms with Crippen molar-refractivity contribution in [3.63, 3.8) is 0 Å². The fraction of sp³-hybridized carbons (Fsp3) is 0.444. The van der Waals surface area contributed by atoms with Crippen LogP contribution in [0.15, 0.2) is 87.1 Å². The number of amides is 2. The second kappa shape index (κ2) is 18.1. The van der Waals surface area contributed by atoms with Crippen LogP contribution < -0.4 is 21.9 Å². The molecule has 0 bridgehead atoms. The van der Waals surface area contributed by atoms with E-state index in [1.807, 2.05) is 23.1 Å². The summed E-state index contributed by atoms with van der Waals surface area (Å²) < 4.78 is 23.3. The first-order valence-electron chi connectivity index (χ1n) is 21.1. The lowest BCUT2D eigenvalue weighted by atomic mass is 9.78. The smallest absolute Gasteiger partial charge is 0.408 e. The minimum atomic E-state index is -0.772. The fourth-order valence-corrected chi connectivity index (χ4v) is 9.04. The zero-order chi connectivity index (χ0) is 41.8. The van der Waals surface area contributed by atoms with Crippen molar-refractivity contribution in [1.29, 1.82) is 0 Å². The molecule has 1 atom stereocenters. The van der Waals surface area contributed by atoms with Crippen molar-refractivity contribution in [2.75, 3.05) is 45.1 Å². The summed E-state index contributed by atoms with van der Waals surface area (Å²) >= 11 is 0. The molecule has 3 aliphatic rings. The molecule has 14 nitrogen and oxygen atoms in total. The molecule has 2 N–H and O–H groups in total. The maximum absolute atomic E-state index is 14.9. The zero-order valence-corrected chi connectivity index (χ0v) is 33.8. The van der Waals surface area contributed by atoms with E-state index in [2.05, 4.69) is 25.5 Å². The maximum Gasteiger partial charge on any atom is 0.420 e. The first-order valence-corrected chi connectivity index (χ1v) is 21.1. The van der Waals surface area contributed by atoms with E-state index >= 15 is 0 Å². The van der Waals surface area contributed by atoms with Gasteiger partial charge in [-0.3, -0.25) is 23.5 Å². The number of rotatable bonds is 14. The van der Waals surface area contributed by atoms with Crippen molar-refractivity contribution in [1.82, 2.24) is 34.2 Å². The lowest BCUT2D eigenvalue weighted by molar-refractivity contribution is -0.140. The standard InChI is InChI=1S/C45H51FN8O6/c1-47-40(56)11-9-36(28-55)54-38-10-8-31(26-39(38)60-45(54)59)30-15-19-51(20-16-30)18-12-29-13-21-52(22-14-29)43(58)33-23-34(24-33)49-44-48-27-37(46)42(50-44)32-5-4-6-35(25-32)53-17-3-2-7-41(53)57/h2-8,10,17,25-30,33-34,36H,9,11-16,18-24H2,1H3,(H,47,56)(H,48,49,50). The Kier molecular flexibility index (Phi) is 12.3. The molecule has 5 aromatic rings. The number of benzene rings is 2. The number of likely N-dealkylation sites (tertiary alicyclic amines) is 2. The third-order valence-corrected chi connectivity index (χ3v) is 12.7. The molecule has 0 radical (unpaired) electrons. The van der Waals surface area contributed by atoms with E-state index in [9.17, 15) is 28.4 Å². The normalized spacial score (nSPS) is 19.5. The lowest BCUT2D eigenvalue weighted by Crippen LogP contribution is -2.48. The molecule has 3 aromatic heterocycles. The molecule has 1 saturated carbocycles. The Hall–Kier alpha value is -5.96. The molecule has 15 heteroatoms. The summed E-state index contributed by atoms with van der Waals surface area (Å²) in [5, 5.41) is 5.84. The summed E-state index contributed by atoms with van der Waals surface area (Å²) in [7, 11) is 1.54. The predicted molar refractivity (Wildman–Crippen MR) is 224 cm³/mol. The number of carbonyl (C=O) groups excluding carboxylic acids is 3. The maximum atomic E-state index is 14.9. The van der Waals surface area contributed by atoms with Crippen LogP contribution in [0.1, 0.15) is 75.3 Å². The summed E-state index contributed by atoms with van der Waals surface area (Å²) in [5.74, 6) is 0.0540. The number of nitrogens with one attached hydrogen (secondary N) is 2. The molecular weight excluding hydrogens is 768 g/mol. The van der Waals surface area contributed by atoms with E-state index in [1.165, 1.54) is 22.2 Å². The monoisotopic (exact) mass is 818 g/mol. The first-order chi connectivity index (χ1) is 29.2. The Morgan fingerprint density at radius 1 is 0.983 bits per heavy atom. The summed E-state index contributed by atoms with van der Waals surface area (Å²) in [6.07, 6.45) is 10.3. The second-order valence-electron chi connectivity index (χ2n) is 16.4. The molecule has 2 aromatic carbocycles. The summed E-state index contributed by atoms with van der Waals surface area (Å²) in [4.78, 5) is 75.3. The highest BCUT2D eigenvalue weighted by Gasteiger charge is 2.38. The number of aromatic nitrogens is 4. The summed E-state index contributed by atoms with van der Waals surface area (Å²) in [6, 6.07) is 17.0. The molecule has 8 rings (SSSR count). The van der Waals surface area contributed by atoms with Gasteiger partial charge >= 0.3 is 5.76 Å². The van der Waals surface area contributed by atoms with Crippen molar-refractivity contribution in [3.8, 4) is 16.9 Å². The van der Waals surface area contributed by atoms with Crippen molar-refractivity contribution in [2.45, 2.75) is 75.8 Å². The van der Waals surface area contributed by atoms with Crippen LogP contribution in [0.4, 0.5) is 10.3 Å². The molecule has 2 aliphatic heterocycles. The quantitative estimate of drug-likeness (QED) is 0.141. The van der Waals surface area contributed by atoms with Crippen molar-refractivity contribution >= 4 is 35.1 Å². The van der Waals surface area contributed by atoms with Crippen molar-refractivity contribution < 1.29 is 23.2 Å². The third kappa shape index (κ3) is 8.96. The Bertz CT molecular complexity index is 2460. The summed E-state index contributed by atoms with van der Waals surface area (Å²) in [5.41, 5.74) is 3.24. The van der Waals surface area contributed by atoms with Crippen LogP contribution >= 0.6 is 0 Å². The van der Waals surface area contributed by atoms with Crippen LogP contribution in [0.25, 0.3) is 28.0 Å².